The second kappa shape index (κ2) is 6.09. The zero-order valence-corrected chi connectivity index (χ0v) is 12.4. The lowest BCUT2D eigenvalue weighted by molar-refractivity contribution is 0.0991. The molecule has 0 amide bonds. The van der Waals surface area contributed by atoms with Crippen LogP contribution in [0.5, 0.6) is 0 Å². The van der Waals surface area contributed by atoms with E-state index in [2.05, 4.69) is 5.10 Å². The van der Waals surface area contributed by atoms with Crippen molar-refractivity contribution in [2.75, 3.05) is 5.73 Å². The van der Waals surface area contributed by atoms with Gasteiger partial charge in [-0.2, -0.15) is 5.10 Å². The minimum atomic E-state index is -0.0396. The Kier molecular flexibility index (Phi) is 4.45. The number of anilines is 1. The molecule has 0 saturated carbocycles. The number of aromatic nitrogens is 2. The van der Waals surface area contributed by atoms with Crippen molar-refractivity contribution in [1.82, 2.24) is 9.78 Å². The van der Waals surface area contributed by atoms with Gasteiger partial charge in [0, 0.05) is 17.8 Å². The number of ketones is 1. The Morgan fingerprint density at radius 2 is 2.05 bits per heavy atom. The van der Waals surface area contributed by atoms with Crippen molar-refractivity contribution < 1.29 is 4.79 Å². The number of halogens is 1. The van der Waals surface area contributed by atoms with Crippen LogP contribution in [0.2, 0.25) is 5.02 Å². The Balaban J connectivity index is 2.33. The molecule has 0 radical (unpaired) electrons. The molecule has 0 fully saturated rings. The van der Waals surface area contributed by atoms with E-state index in [1.807, 2.05) is 19.9 Å². The van der Waals surface area contributed by atoms with Gasteiger partial charge < -0.3 is 5.73 Å². The Hall–Kier alpha value is -1.81. The molecule has 0 saturated heterocycles. The molecule has 2 aromatic rings. The summed E-state index contributed by atoms with van der Waals surface area (Å²) in [6.45, 7) is 4.66. The maximum atomic E-state index is 12.4. The lowest BCUT2D eigenvalue weighted by Crippen LogP contribution is -2.11. The molecule has 0 unspecified atom stereocenters. The van der Waals surface area contributed by atoms with E-state index in [0.29, 0.717) is 22.8 Å². The Bertz CT molecular complexity index is 634. The topological polar surface area (TPSA) is 60.9 Å². The second-order valence-corrected chi connectivity index (χ2v) is 4.94. The van der Waals surface area contributed by atoms with Gasteiger partial charge in [0.25, 0.3) is 0 Å². The fraction of sp³-hybridized carbons (Fsp3) is 0.333. The van der Waals surface area contributed by atoms with Crippen LogP contribution in [0.15, 0.2) is 24.3 Å². The molecule has 0 bridgehead atoms. The number of nitrogen functional groups attached to an aromatic ring is 1. The monoisotopic (exact) mass is 291 g/mol. The number of rotatable bonds is 5. The number of carbonyl (C=O) groups is 1. The highest BCUT2D eigenvalue weighted by Crippen LogP contribution is 2.24. The van der Waals surface area contributed by atoms with Gasteiger partial charge in [0.1, 0.15) is 0 Å². The highest BCUT2D eigenvalue weighted by atomic mass is 35.5. The van der Waals surface area contributed by atoms with E-state index in [-0.39, 0.29) is 12.2 Å². The van der Waals surface area contributed by atoms with Gasteiger partial charge in [-0.15, -0.1) is 0 Å². The summed E-state index contributed by atoms with van der Waals surface area (Å²) in [5, 5.41) is 5.01. The van der Waals surface area contributed by atoms with Crippen LogP contribution in [0.4, 0.5) is 5.69 Å². The quantitative estimate of drug-likeness (QED) is 0.680. The molecule has 1 heterocycles. The van der Waals surface area contributed by atoms with Gasteiger partial charge in [0.2, 0.25) is 0 Å². The lowest BCUT2D eigenvalue weighted by atomic mass is 10.0. The summed E-state index contributed by atoms with van der Waals surface area (Å²) in [6, 6.07) is 7.08. The van der Waals surface area contributed by atoms with E-state index >= 15 is 0 Å². The average Bonchev–Trinajstić information content (AvgIpc) is 2.75. The van der Waals surface area contributed by atoms with Gasteiger partial charge in [-0.25, -0.2) is 0 Å². The summed E-state index contributed by atoms with van der Waals surface area (Å²) in [5.74, 6) is -0.0396. The molecule has 0 atom stereocenters. The maximum absolute atomic E-state index is 12.4. The molecule has 0 aliphatic heterocycles. The highest BCUT2D eigenvalue weighted by molar-refractivity contribution is 6.32. The molecule has 0 spiro atoms. The largest absolute Gasteiger partial charge is 0.398 e. The molecule has 0 aliphatic rings. The fourth-order valence-corrected chi connectivity index (χ4v) is 2.52. The SMILES string of the molecule is CCc1nn(CC)c(CC(=O)c2ccccc2N)c1Cl. The van der Waals surface area contributed by atoms with E-state index < -0.39 is 0 Å². The van der Waals surface area contributed by atoms with Crippen LogP contribution in [-0.2, 0) is 19.4 Å². The third-order valence-corrected chi connectivity index (χ3v) is 3.72. The van der Waals surface area contributed by atoms with Crippen molar-refractivity contribution in [2.24, 2.45) is 0 Å². The van der Waals surface area contributed by atoms with Crippen LogP contribution in [0.25, 0.3) is 0 Å². The number of para-hydroxylation sites is 1. The van der Waals surface area contributed by atoms with E-state index in [9.17, 15) is 4.79 Å². The zero-order valence-electron chi connectivity index (χ0n) is 11.7. The Morgan fingerprint density at radius 3 is 2.65 bits per heavy atom. The summed E-state index contributed by atoms with van der Waals surface area (Å²) < 4.78 is 1.79. The Morgan fingerprint density at radius 1 is 1.35 bits per heavy atom. The summed E-state index contributed by atoms with van der Waals surface area (Å²) >= 11 is 6.31. The summed E-state index contributed by atoms with van der Waals surface area (Å²) in [5.41, 5.74) is 8.46. The Labute approximate surface area is 123 Å². The molecule has 20 heavy (non-hydrogen) atoms. The van der Waals surface area contributed by atoms with Crippen LogP contribution < -0.4 is 5.73 Å². The maximum Gasteiger partial charge on any atom is 0.170 e. The normalized spacial score (nSPS) is 10.8. The molecule has 1 aromatic heterocycles. The van der Waals surface area contributed by atoms with Crippen LogP contribution in [-0.4, -0.2) is 15.6 Å². The molecule has 2 rings (SSSR count). The van der Waals surface area contributed by atoms with Gasteiger partial charge >= 0.3 is 0 Å². The van der Waals surface area contributed by atoms with Crippen molar-refractivity contribution in [1.29, 1.82) is 0 Å². The first-order valence-corrected chi connectivity index (χ1v) is 7.08. The number of hydrogen-bond acceptors (Lipinski definition) is 3. The van der Waals surface area contributed by atoms with E-state index in [1.165, 1.54) is 0 Å². The third kappa shape index (κ3) is 2.70. The molecular formula is C15H18ClN3O. The van der Waals surface area contributed by atoms with E-state index in [1.54, 1.807) is 22.9 Å². The van der Waals surface area contributed by atoms with Crippen LogP contribution >= 0.6 is 11.6 Å². The molecular weight excluding hydrogens is 274 g/mol. The highest BCUT2D eigenvalue weighted by Gasteiger charge is 2.19. The fourth-order valence-electron chi connectivity index (χ4n) is 2.18. The minimum Gasteiger partial charge on any atom is -0.398 e. The molecule has 4 nitrogen and oxygen atoms in total. The second-order valence-electron chi connectivity index (χ2n) is 4.56. The van der Waals surface area contributed by atoms with Gasteiger partial charge in [-0.3, -0.25) is 9.48 Å². The molecule has 2 N–H and O–H groups in total. The lowest BCUT2D eigenvalue weighted by Gasteiger charge is -2.07. The summed E-state index contributed by atoms with van der Waals surface area (Å²) in [7, 11) is 0. The van der Waals surface area contributed by atoms with Crippen molar-refractivity contribution in [3.8, 4) is 0 Å². The van der Waals surface area contributed by atoms with Gasteiger partial charge in [-0.1, -0.05) is 30.7 Å². The van der Waals surface area contributed by atoms with Crippen molar-refractivity contribution in [3.05, 3.63) is 46.2 Å². The number of nitrogens with zero attached hydrogens (tertiary/aromatic N) is 2. The van der Waals surface area contributed by atoms with Crippen LogP contribution in [0.1, 0.15) is 35.6 Å². The first-order chi connectivity index (χ1) is 9.58. The van der Waals surface area contributed by atoms with E-state index in [4.69, 9.17) is 17.3 Å². The number of benzene rings is 1. The average molecular weight is 292 g/mol. The van der Waals surface area contributed by atoms with Gasteiger partial charge in [-0.05, 0) is 25.5 Å². The molecule has 106 valence electrons. The minimum absolute atomic E-state index is 0.0396. The first-order valence-electron chi connectivity index (χ1n) is 6.70. The number of Topliss-reactive ketones (excluding diaryl/α,β-unsaturated/α-hetero) is 1. The summed E-state index contributed by atoms with van der Waals surface area (Å²) in [4.78, 5) is 12.4. The van der Waals surface area contributed by atoms with Crippen molar-refractivity contribution in [2.45, 2.75) is 33.2 Å². The van der Waals surface area contributed by atoms with E-state index in [0.717, 1.165) is 17.8 Å². The van der Waals surface area contributed by atoms with Crippen molar-refractivity contribution >= 4 is 23.1 Å². The zero-order chi connectivity index (χ0) is 14.7. The van der Waals surface area contributed by atoms with Crippen molar-refractivity contribution in [3.63, 3.8) is 0 Å². The smallest absolute Gasteiger partial charge is 0.170 e. The predicted molar refractivity (Wildman–Crippen MR) is 81.2 cm³/mol. The predicted octanol–water partition coefficient (Wildman–Crippen LogP) is 3.13. The molecule has 0 aliphatic carbocycles. The number of hydrogen-bond donors (Lipinski definition) is 1. The standard InChI is InChI=1S/C15H18ClN3O/c1-3-12-15(16)13(19(4-2)18-12)9-14(20)10-7-5-6-8-11(10)17/h5-8H,3-4,9,17H2,1-2H3. The van der Waals surface area contributed by atoms with Gasteiger partial charge in [0.15, 0.2) is 5.78 Å². The third-order valence-electron chi connectivity index (χ3n) is 3.28. The van der Waals surface area contributed by atoms with Crippen LogP contribution in [0, 0.1) is 0 Å². The van der Waals surface area contributed by atoms with Crippen LogP contribution in [0.3, 0.4) is 0 Å². The number of carbonyl (C=O) groups excluding carboxylic acids is 1. The molecule has 5 heteroatoms. The number of nitrogens with two attached hydrogens (primary N) is 1. The first kappa shape index (κ1) is 14.6. The van der Waals surface area contributed by atoms with Gasteiger partial charge in [0.05, 0.1) is 22.8 Å². The molecule has 1 aromatic carbocycles. The summed E-state index contributed by atoms with van der Waals surface area (Å²) in [6.07, 6.45) is 0.967. The number of aryl methyl sites for hydroxylation is 2.